The minimum absolute atomic E-state index is 0.0372. The Morgan fingerprint density at radius 3 is 2.12 bits per heavy atom. The maximum atomic E-state index is 6.53. The number of nitrogens with two attached hydrogens (primary N) is 1. The first kappa shape index (κ1) is 12.6. The van der Waals surface area contributed by atoms with E-state index in [2.05, 4.69) is 45.9 Å². The third-order valence-corrected chi connectivity index (χ3v) is 4.15. The summed E-state index contributed by atoms with van der Waals surface area (Å²) < 4.78 is 0. The molecule has 1 aromatic rings. The van der Waals surface area contributed by atoms with Crippen LogP contribution in [0.5, 0.6) is 0 Å². The zero-order valence-electron chi connectivity index (χ0n) is 11.6. The number of rotatable bonds is 3. The van der Waals surface area contributed by atoms with Crippen molar-refractivity contribution in [3.63, 3.8) is 0 Å². The van der Waals surface area contributed by atoms with E-state index in [1.807, 2.05) is 0 Å². The average molecular weight is 231 g/mol. The Morgan fingerprint density at radius 1 is 1.06 bits per heavy atom. The molecular weight excluding hydrogens is 206 g/mol. The van der Waals surface area contributed by atoms with Gasteiger partial charge in [0.05, 0.1) is 0 Å². The van der Waals surface area contributed by atoms with E-state index in [0.29, 0.717) is 11.8 Å². The Hall–Kier alpha value is -0.820. The smallest absolute Gasteiger partial charge is 0.0412 e. The molecule has 17 heavy (non-hydrogen) atoms. The zero-order chi connectivity index (χ0) is 12.6. The molecule has 2 N–H and O–H groups in total. The van der Waals surface area contributed by atoms with Crippen LogP contribution in [0.25, 0.3) is 0 Å². The van der Waals surface area contributed by atoms with Crippen LogP contribution in [0, 0.1) is 0 Å². The van der Waals surface area contributed by atoms with Gasteiger partial charge in [0.1, 0.15) is 0 Å². The van der Waals surface area contributed by atoms with Crippen LogP contribution in [0.1, 0.15) is 75.5 Å². The number of hydrogen-bond acceptors (Lipinski definition) is 1. The Labute approximate surface area is 105 Å². The standard InChI is InChI=1S/C16H25N/c1-11(2)13-6-7-14(12(3)4)15(10-13)16(17)8-5-9-16/h6-7,10-12H,5,8-9,17H2,1-4H3. The van der Waals surface area contributed by atoms with E-state index >= 15 is 0 Å². The van der Waals surface area contributed by atoms with Gasteiger partial charge in [-0.05, 0) is 47.8 Å². The monoisotopic (exact) mass is 231 g/mol. The molecule has 0 atom stereocenters. The van der Waals surface area contributed by atoms with E-state index in [1.165, 1.54) is 23.1 Å². The fourth-order valence-electron chi connectivity index (χ4n) is 2.69. The topological polar surface area (TPSA) is 26.0 Å². The van der Waals surface area contributed by atoms with E-state index in [9.17, 15) is 0 Å². The van der Waals surface area contributed by atoms with E-state index in [4.69, 9.17) is 5.73 Å². The largest absolute Gasteiger partial charge is 0.321 e. The maximum absolute atomic E-state index is 6.53. The molecule has 0 unspecified atom stereocenters. The van der Waals surface area contributed by atoms with Crippen molar-refractivity contribution in [2.75, 3.05) is 0 Å². The van der Waals surface area contributed by atoms with E-state index in [-0.39, 0.29) is 5.54 Å². The van der Waals surface area contributed by atoms with Crippen LogP contribution in [0.4, 0.5) is 0 Å². The second-order valence-corrected chi connectivity index (χ2v) is 6.17. The van der Waals surface area contributed by atoms with Gasteiger partial charge in [0.25, 0.3) is 0 Å². The van der Waals surface area contributed by atoms with Crippen LogP contribution in [0.15, 0.2) is 18.2 Å². The Kier molecular flexibility index (Phi) is 3.31. The van der Waals surface area contributed by atoms with E-state index in [0.717, 1.165) is 12.8 Å². The van der Waals surface area contributed by atoms with Crippen LogP contribution in [-0.2, 0) is 5.54 Å². The summed E-state index contributed by atoms with van der Waals surface area (Å²) in [6.45, 7) is 9.02. The number of hydrogen-bond donors (Lipinski definition) is 1. The SMILES string of the molecule is CC(C)c1ccc(C(C)C)c(C2(N)CCC2)c1. The molecule has 0 saturated heterocycles. The van der Waals surface area contributed by atoms with E-state index in [1.54, 1.807) is 0 Å². The fourth-order valence-corrected chi connectivity index (χ4v) is 2.69. The third kappa shape index (κ3) is 2.26. The molecule has 0 aromatic heterocycles. The van der Waals surface area contributed by atoms with Crippen LogP contribution >= 0.6 is 0 Å². The third-order valence-electron chi connectivity index (χ3n) is 4.15. The van der Waals surface area contributed by atoms with Gasteiger partial charge in [-0.15, -0.1) is 0 Å². The summed E-state index contributed by atoms with van der Waals surface area (Å²) in [4.78, 5) is 0. The lowest BCUT2D eigenvalue weighted by atomic mass is 9.69. The molecule has 1 saturated carbocycles. The molecule has 1 nitrogen and oxygen atoms in total. The van der Waals surface area contributed by atoms with Crippen molar-refractivity contribution in [3.8, 4) is 0 Å². The van der Waals surface area contributed by atoms with Gasteiger partial charge in [-0.2, -0.15) is 0 Å². The Morgan fingerprint density at radius 2 is 1.71 bits per heavy atom. The van der Waals surface area contributed by atoms with Crippen molar-refractivity contribution in [1.29, 1.82) is 0 Å². The molecule has 1 fully saturated rings. The number of benzene rings is 1. The summed E-state index contributed by atoms with van der Waals surface area (Å²) in [5.74, 6) is 1.14. The molecule has 2 rings (SSSR count). The van der Waals surface area contributed by atoms with Crippen LogP contribution in [-0.4, -0.2) is 0 Å². The normalized spacial score (nSPS) is 18.5. The van der Waals surface area contributed by atoms with Gasteiger partial charge in [-0.1, -0.05) is 45.9 Å². The van der Waals surface area contributed by atoms with Crippen LogP contribution in [0.2, 0.25) is 0 Å². The minimum Gasteiger partial charge on any atom is -0.321 e. The van der Waals surface area contributed by atoms with Crippen molar-refractivity contribution in [2.24, 2.45) is 5.73 Å². The van der Waals surface area contributed by atoms with Crippen LogP contribution in [0.3, 0.4) is 0 Å². The summed E-state index contributed by atoms with van der Waals surface area (Å²) in [6.07, 6.45) is 3.57. The molecule has 1 heteroatoms. The van der Waals surface area contributed by atoms with Crippen molar-refractivity contribution in [2.45, 2.75) is 64.3 Å². The van der Waals surface area contributed by atoms with Gasteiger partial charge in [0.2, 0.25) is 0 Å². The quantitative estimate of drug-likeness (QED) is 0.826. The molecule has 0 aliphatic heterocycles. The predicted octanol–water partition coefficient (Wildman–Crippen LogP) is 4.27. The lowest BCUT2D eigenvalue weighted by molar-refractivity contribution is 0.251. The molecular formula is C16H25N. The Bertz CT molecular complexity index is 400. The molecule has 0 amide bonds. The molecule has 1 aliphatic rings. The molecule has 94 valence electrons. The van der Waals surface area contributed by atoms with Crippen molar-refractivity contribution in [3.05, 3.63) is 34.9 Å². The maximum Gasteiger partial charge on any atom is 0.0412 e. The second kappa shape index (κ2) is 4.45. The first-order chi connectivity index (χ1) is 7.94. The van der Waals surface area contributed by atoms with Gasteiger partial charge in [-0.25, -0.2) is 0 Å². The highest BCUT2D eigenvalue weighted by atomic mass is 14.8. The summed E-state index contributed by atoms with van der Waals surface area (Å²) >= 11 is 0. The summed E-state index contributed by atoms with van der Waals surface area (Å²) in [7, 11) is 0. The summed E-state index contributed by atoms with van der Waals surface area (Å²) in [5, 5.41) is 0. The lowest BCUT2D eigenvalue weighted by Gasteiger charge is -2.41. The van der Waals surface area contributed by atoms with E-state index < -0.39 is 0 Å². The second-order valence-electron chi connectivity index (χ2n) is 6.17. The fraction of sp³-hybridized carbons (Fsp3) is 0.625. The minimum atomic E-state index is -0.0372. The molecule has 1 aromatic carbocycles. The average Bonchev–Trinajstić information content (AvgIpc) is 2.24. The molecule has 0 heterocycles. The van der Waals surface area contributed by atoms with Gasteiger partial charge >= 0.3 is 0 Å². The molecule has 0 radical (unpaired) electrons. The molecule has 1 aliphatic carbocycles. The van der Waals surface area contributed by atoms with Crippen molar-refractivity contribution in [1.82, 2.24) is 0 Å². The van der Waals surface area contributed by atoms with Gasteiger partial charge in [0, 0.05) is 5.54 Å². The van der Waals surface area contributed by atoms with Gasteiger partial charge in [-0.3, -0.25) is 0 Å². The highest BCUT2D eigenvalue weighted by molar-refractivity contribution is 5.41. The van der Waals surface area contributed by atoms with Crippen molar-refractivity contribution < 1.29 is 0 Å². The summed E-state index contributed by atoms with van der Waals surface area (Å²) in [5.41, 5.74) is 10.8. The zero-order valence-corrected chi connectivity index (χ0v) is 11.6. The lowest BCUT2D eigenvalue weighted by Crippen LogP contribution is -2.44. The van der Waals surface area contributed by atoms with Gasteiger partial charge < -0.3 is 5.73 Å². The predicted molar refractivity (Wildman–Crippen MR) is 74.3 cm³/mol. The summed E-state index contributed by atoms with van der Waals surface area (Å²) in [6, 6.07) is 6.92. The van der Waals surface area contributed by atoms with Crippen LogP contribution < -0.4 is 5.73 Å². The van der Waals surface area contributed by atoms with Gasteiger partial charge in [0.15, 0.2) is 0 Å². The van der Waals surface area contributed by atoms with Crippen molar-refractivity contribution >= 4 is 0 Å². The highest BCUT2D eigenvalue weighted by Crippen LogP contribution is 2.42. The Balaban J connectivity index is 2.47. The molecule has 0 bridgehead atoms. The highest BCUT2D eigenvalue weighted by Gasteiger charge is 2.36. The first-order valence-corrected chi connectivity index (χ1v) is 6.87. The first-order valence-electron chi connectivity index (χ1n) is 6.87. The molecule has 0 spiro atoms.